The lowest BCUT2D eigenvalue weighted by atomic mass is 9.70. The van der Waals surface area contributed by atoms with Gasteiger partial charge in [0.15, 0.2) is 0 Å². The summed E-state index contributed by atoms with van der Waals surface area (Å²) in [6.07, 6.45) is 4.15. The number of hydrogen-bond donors (Lipinski definition) is 0. The molecule has 4 heteroatoms. The van der Waals surface area contributed by atoms with Gasteiger partial charge in [0.25, 0.3) is 0 Å². The fraction of sp³-hybridized carbons (Fsp3) is 0.727. The summed E-state index contributed by atoms with van der Waals surface area (Å²) in [5.41, 5.74) is 3.66. The molecule has 0 atom stereocenters. The number of alkyl halides is 1. The van der Waals surface area contributed by atoms with Crippen LogP contribution >= 0.6 is 27.3 Å². The molecule has 0 aromatic carbocycles. The summed E-state index contributed by atoms with van der Waals surface area (Å²) >= 11 is 5.33. The Morgan fingerprint density at radius 2 is 2.40 bits per heavy atom. The molecular formula is C11H17BrN2S. The first kappa shape index (κ1) is 11.6. The molecule has 2 rings (SSSR count). The first-order chi connectivity index (χ1) is 7.24. The summed E-state index contributed by atoms with van der Waals surface area (Å²) in [5.74, 6) is 0. The Kier molecular flexibility index (Phi) is 3.80. The number of aromatic nitrogens is 1. The van der Waals surface area contributed by atoms with Crippen molar-refractivity contribution in [3.8, 4) is 0 Å². The van der Waals surface area contributed by atoms with Gasteiger partial charge >= 0.3 is 0 Å². The maximum Gasteiger partial charge on any atom is 0.0795 e. The van der Waals surface area contributed by atoms with Crippen LogP contribution in [0.1, 0.15) is 25.0 Å². The predicted octanol–water partition coefficient (Wildman–Crippen LogP) is 3.14. The summed E-state index contributed by atoms with van der Waals surface area (Å²) in [4.78, 5) is 6.72. The molecule has 0 saturated heterocycles. The van der Waals surface area contributed by atoms with Crippen LogP contribution in [-0.2, 0) is 6.54 Å². The van der Waals surface area contributed by atoms with Crippen LogP contribution in [0.25, 0.3) is 0 Å². The highest BCUT2D eigenvalue weighted by atomic mass is 79.9. The van der Waals surface area contributed by atoms with Crippen molar-refractivity contribution in [2.75, 3.05) is 18.9 Å². The lowest BCUT2D eigenvalue weighted by molar-refractivity contribution is 0.102. The highest BCUT2D eigenvalue weighted by molar-refractivity contribution is 9.09. The van der Waals surface area contributed by atoms with Gasteiger partial charge in [-0.3, -0.25) is 4.90 Å². The van der Waals surface area contributed by atoms with Crippen molar-refractivity contribution in [3.63, 3.8) is 0 Å². The van der Waals surface area contributed by atoms with Crippen molar-refractivity contribution < 1.29 is 0 Å². The number of halogens is 1. The van der Waals surface area contributed by atoms with Crippen LogP contribution in [0.3, 0.4) is 0 Å². The van der Waals surface area contributed by atoms with Gasteiger partial charge in [-0.15, -0.1) is 11.3 Å². The second-order valence-electron chi connectivity index (χ2n) is 4.64. The van der Waals surface area contributed by atoms with Crippen LogP contribution < -0.4 is 0 Å². The minimum atomic E-state index is 0.546. The number of thiazole rings is 1. The van der Waals surface area contributed by atoms with Crippen molar-refractivity contribution in [3.05, 3.63) is 16.6 Å². The zero-order chi connectivity index (χ0) is 10.7. The standard InChI is InChI=1S/C11H17BrN2S/c1-14(5-10-6-15-9-13-10)8-11(7-12)3-2-4-11/h6,9H,2-5,7-8H2,1H3. The first-order valence-corrected chi connectivity index (χ1v) is 7.42. The van der Waals surface area contributed by atoms with Crippen molar-refractivity contribution >= 4 is 27.3 Å². The van der Waals surface area contributed by atoms with Gasteiger partial charge in [-0.05, 0) is 25.3 Å². The van der Waals surface area contributed by atoms with E-state index in [2.05, 4.69) is 38.2 Å². The summed E-state index contributed by atoms with van der Waals surface area (Å²) < 4.78 is 0. The van der Waals surface area contributed by atoms with Crippen LogP contribution in [0.15, 0.2) is 10.9 Å². The minimum Gasteiger partial charge on any atom is -0.300 e. The highest BCUT2D eigenvalue weighted by Gasteiger charge is 2.36. The van der Waals surface area contributed by atoms with E-state index in [0.717, 1.165) is 11.9 Å². The Bertz CT molecular complexity index is 290. The molecule has 0 spiro atoms. The van der Waals surface area contributed by atoms with Crippen molar-refractivity contribution in [1.82, 2.24) is 9.88 Å². The zero-order valence-electron chi connectivity index (χ0n) is 9.08. The highest BCUT2D eigenvalue weighted by Crippen LogP contribution is 2.42. The second kappa shape index (κ2) is 4.93. The first-order valence-electron chi connectivity index (χ1n) is 5.36. The van der Waals surface area contributed by atoms with E-state index in [1.165, 1.54) is 31.5 Å². The number of rotatable bonds is 5. The maximum atomic E-state index is 4.32. The molecule has 0 radical (unpaired) electrons. The van der Waals surface area contributed by atoms with E-state index in [4.69, 9.17) is 0 Å². The Morgan fingerprint density at radius 3 is 2.87 bits per heavy atom. The van der Waals surface area contributed by atoms with E-state index in [-0.39, 0.29) is 0 Å². The van der Waals surface area contributed by atoms with E-state index < -0.39 is 0 Å². The van der Waals surface area contributed by atoms with Crippen molar-refractivity contribution in [2.24, 2.45) is 5.41 Å². The fourth-order valence-electron chi connectivity index (χ4n) is 2.23. The smallest absolute Gasteiger partial charge is 0.0795 e. The quantitative estimate of drug-likeness (QED) is 0.774. The topological polar surface area (TPSA) is 16.1 Å². The third-order valence-electron chi connectivity index (χ3n) is 3.22. The minimum absolute atomic E-state index is 0.546. The summed E-state index contributed by atoms with van der Waals surface area (Å²) in [6.45, 7) is 2.17. The molecule has 0 aliphatic heterocycles. The normalized spacial score (nSPS) is 19.1. The van der Waals surface area contributed by atoms with Crippen LogP contribution in [-0.4, -0.2) is 28.8 Å². The molecule has 0 unspecified atom stereocenters. The van der Waals surface area contributed by atoms with Gasteiger partial charge in [-0.1, -0.05) is 22.4 Å². The lowest BCUT2D eigenvalue weighted by Crippen LogP contribution is -2.41. The van der Waals surface area contributed by atoms with Crippen LogP contribution in [0.2, 0.25) is 0 Å². The number of hydrogen-bond acceptors (Lipinski definition) is 3. The Labute approximate surface area is 104 Å². The van der Waals surface area contributed by atoms with Gasteiger partial charge in [-0.25, -0.2) is 4.98 Å². The molecule has 1 aliphatic carbocycles. The van der Waals surface area contributed by atoms with Gasteiger partial charge in [0.05, 0.1) is 11.2 Å². The molecule has 1 aliphatic rings. The Hall–Kier alpha value is 0.0700. The molecule has 1 heterocycles. The fourth-order valence-corrected chi connectivity index (χ4v) is 3.52. The molecule has 2 nitrogen and oxygen atoms in total. The average Bonchev–Trinajstić information content (AvgIpc) is 2.64. The largest absolute Gasteiger partial charge is 0.300 e. The molecule has 1 saturated carbocycles. The van der Waals surface area contributed by atoms with Gasteiger partial charge in [0, 0.05) is 23.8 Å². The summed E-state index contributed by atoms with van der Waals surface area (Å²) in [7, 11) is 2.20. The lowest BCUT2D eigenvalue weighted by Gasteiger charge is -2.43. The molecular weight excluding hydrogens is 272 g/mol. The molecule has 0 amide bonds. The monoisotopic (exact) mass is 288 g/mol. The van der Waals surface area contributed by atoms with Gasteiger partial charge in [-0.2, -0.15) is 0 Å². The zero-order valence-corrected chi connectivity index (χ0v) is 11.5. The van der Waals surface area contributed by atoms with Crippen LogP contribution in [0.4, 0.5) is 0 Å². The molecule has 1 aromatic rings. The van der Waals surface area contributed by atoms with Crippen LogP contribution in [0, 0.1) is 5.41 Å². The van der Waals surface area contributed by atoms with E-state index >= 15 is 0 Å². The number of nitrogens with zero attached hydrogens (tertiary/aromatic N) is 2. The Morgan fingerprint density at radius 1 is 1.60 bits per heavy atom. The molecule has 0 N–H and O–H groups in total. The maximum absolute atomic E-state index is 4.32. The SMILES string of the molecule is CN(Cc1cscn1)CC1(CBr)CCC1. The molecule has 0 bridgehead atoms. The summed E-state index contributed by atoms with van der Waals surface area (Å²) in [6, 6.07) is 0. The van der Waals surface area contributed by atoms with Gasteiger partial charge in [0.1, 0.15) is 0 Å². The third-order valence-corrected chi connectivity index (χ3v) is 5.04. The van der Waals surface area contributed by atoms with Crippen molar-refractivity contribution in [1.29, 1.82) is 0 Å². The van der Waals surface area contributed by atoms with Gasteiger partial charge < -0.3 is 0 Å². The molecule has 1 aromatic heterocycles. The third kappa shape index (κ3) is 2.80. The van der Waals surface area contributed by atoms with E-state index in [1.54, 1.807) is 11.3 Å². The van der Waals surface area contributed by atoms with Crippen molar-refractivity contribution in [2.45, 2.75) is 25.8 Å². The van der Waals surface area contributed by atoms with E-state index in [9.17, 15) is 0 Å². The molecule has 84 valence electrons. The van der Waals surface area contributed by atoms with E-state index in [0.29, 0.717) is 5.41 Å². The second-order valence-corrected chi connectivity index (χ2v) is 5.92. The molecule has 1 fully saturated rings. The predicted molar refractivity (Wildman–Crippen MR) is 68.5 cm³/mol. The van der Waals surface area contributed by atoms with Crippen LogP contribution in [0.5, 0.6) is 0 Å². The summed E-state index contributed by atoms with van der Waals surface area (Å²) in [5, 5.41) is 3.28. The van der Waals surface area contributed by atoms with Gasteiger partial charge in [0.2, 0.25) is 0 Å². The van der Waals surface area contributed by atoms with E-state index in [1.807, 2.05) is 5.51 Å². The molecule has 15 heavy (non-hydrogen) atoms. The Balaban J connectivity index is 1.84. The average molecular weight is 289 g/mol.